The van der Waals surface area contributed by atoms with Gasteiger partial charge in [0.15, 0.2) is 18.7 Å². The number of hydrogen-bond donors (Lipinski definition) is 4. The molecule has 3 rings (SSSR count). The molecule has 0 saturated carbocycles. The zero-order valence-corrected chi connectivity index (χ0v) is 16.3. The molecule has 0 spiro atoms. The summed E-state index contributed by atoms with van der Waals surface area (Å²) in [6.45, 7) is -1.27. The largest absolute Gasteiger partial charge is 0.726 e. The zero-order chi connectivity index (χ0) is 22.4. The minimum Gasteiger partial charge on any atom is -0.726 e. The molecule has 3 aliphatic rings. The second-order valence-electron chi connectivity index (χ2n) is 6.64. The lowest BCUT2D eigenvalue weighted by molar-refractivity contribution is -0.335. The van der Waals surface area contributed by atoms with Crippen LogP contribution in [0.5, 0.6) is 0 Å². The van der Waals surface area contributed by atoms with E-state index in [1.807, 2.05) is 0 Å². The third kappa shape index (κ3) is 5.42. The van der Waals surface area contributed by atoms with Gasteiger partial charge in [-0.15, -0.1) is 0 Å². The van der Waals surface area contributed by atoms with Crippen molar-refractivity contribution < 1.29 is 73.7 Å². The average Bonchev–Trinajstić information content (AvgIpc) is 3.06. The number of hydrogen-bond acceptors (Lipinski definition) is 16. The second-order valence-corrected chi connectivity index (χ2v) is 8.71. The highest BCUT2D eigenvalue weighted by atomic mass is 32.3. The van der Waals surface area contributed by atoms with Crippen molar-refractivity contribution in [3.8, 4) is 0 Å². The van der Waals surface area contributed by atoms with E-state index in [-0.39, 0.29) is 6.61 Å². The van der Waals surface area contributed by atoms with Crippen molar-refractivity contribution in [2.45, 2.75) is 61.4 Å². The molecule has 0 aromatic carbocycles. The van der Waals surface area contributed by atoms with Gasteiger partial charge in [0.1, 0.15) is 42.7 Å². The number of aliphatic hydroxyl groups excluding tert-OH is 4. The van der Waals surface area contributed by atoms with Gasteiger partial charge < -0.3 is 48.5 Å². The Morgan fingerprint density at radius 1 is 0.867 bits per heavy atom. The van der Waals surface area contributed by atoms with E-state index < -0.39 is 88.8 Å². The normalized spacial score (nSPS) is 44.9. The Balaban J connectivity index is 1.74. The fraction of sp³-hybridized carbons (Fsp3) is 1.00. The average molecular weight is 482 g/mol. The van der Waals surface area contributed by atoms with Crippen LogP contribution in [0.3, 0.4) is 0 Å². The Hall–Kier alpha value is -0.580. The van der Waals surface area contributed by atoms with Crippen LogP contribution in [-0.2, 0) is 48.1 Å². The molecule has 16 nitrogen and oxygen atoms in total. The Labute approximate surface area is 169 Å². The SMILES string of the molecule is O=S(=O)([O-])OCC1O[C@H](O[C@@H]2C3CO[C@H](O3)C(OS(=O)(=O)[O-])[C@H]2O)C(O)[C@@H](O)[C@@H]1O. The molecular weight excluding hydrogens is 464 g/mol. The van der Waals surface area contributed by atoms with Crippen molar-refractivity contribution in [3.05, 3.63) is 0 Å². The van der Waals surface area contributed by atoms with Crippen molar-refractivity contribution >= 4 is 20.8 Å². The van der Waals surface area contributed by atoms with Crippen molar-refractivity contribution in [1.29, 1.82) is 0 Å². The van der Waals surface area contributed by atoms with Crippen molar-refractivity contribution in [1.82, 2.24) is 0 Å². The van der Waals surface area contributed by atoms with Crippen LogP contribution in [0.2, 0.25) is 0 Å². The lowest BCUT2D eigenvalue weighted by Crippen LogP contribution is -2.63. The van der Waals surface area contributed by atoms with Crippen LogP contribution in [-0.4, -0.2) is 121 Å². The maximum atomic E-state index is 10.9. The summed E-state index contributed by atoms with van der Waals surface area (Å²) in [7, 11) is -10.4. The van der Waals surface area contributed by atoms with Crippen LogP contribution in [0.15, 0.2) is 0 Å². The molecule has 2 bridgehead atoms. The fourth-order valence-corrected chi connectivity index (χ4v) is 4.01. The second kappa shape index (κ2) is 8.75. The van der Waals surface area contributed by atoms with E-state index in [9.17, 15) is 46.4 Å². The standard InChI is InChI=1S/C12H20O16S2/c13-5-3(2-24-29(17,18)19)25-11(7(15)6(5)14)27-9-4-1-23-12(26-4)10(8(9)16)28-30(20,21)22/h3-16H,1-2H2,(H,17,18,19)(H,20,21,22)/p-2/t3?,4?,5-,6+,7?,8+,9-,10?,11-,12-/m1/s1. The minimum atomic E-state index is -5.28. The van der Waals surface area contributed by atoms with Gasteiger partial charge in [0, 0.05) is 0 Å². The molecule has 0 aliphatic carbocycles. The van der Waals surface area contributed by atoms with E-state index in [0.717, 1.165) is 0 Å². The fourth-order valence-electron chi connectivity index (χ4n) is 3.23. The third-order valence-electron chi connectivity index (χ3n) is 4.61. The van der Waals surface area contributed by atoms with Crippen LogP contribution in [0.1, 0.15) is 0 Å². The summed E-state index contributed by atoms with van der Waals surface area (Å²) in [4.78, 5) is 0. The first-order chi connectivity index (χ1) is 13.8. The molecule has 3 fully saturated rings. The molecule has 176 valence electrons. The lowest BCUT2D eigenvalue weighted by atomic mass is 9.98. The minimum absolute atomic E-state index is 0.236. The highest BCUT2D eigenvalue weighted by molar-refractivity contribution is 7.81. The first-order valence-corrected chi connectivity index (χ1v) is 11.0. The predicted octanol–water partition coefficient (Wildman–Crippen LogP) is -5.38. The van der Waals surface area contributed by atoms with Crippen molar-refractivity contribution in [2.75, 3.05) is 13.2 Å². The summed E-state index contributed by atoms with van der Waals surface area (Å²) in [5, 5.41) is 40.3. The van der Waals surface area contributed by atoms with E-state index in [0.29, 0.717) is 0 Å². The topological polar surface area (TPSA) is 251 Å². The number of rotatable bonds is 7. The molecule has 10 atom stereocenters. The first-order valence-electron chi connectivity index (χ1n) is 8.31. The van der Waals surface area contributed by atoms with Gasteiger partial charge in [-0.3, -0.25) is 8.37 Å². The van der Waals surface area contributed by atoms with E-state index in [1.54, 1.807) is 0 Å². The predicted molar refractivity (Wildman–Crippen MR) is 82.4 cm³/mol. The smallest absolute Gasteiger partial charge is 0.218 e. The lowest BCUT2D eigenvalue weighted by Gasteiger charge is -2.44. The molecule has 3 aliphatic heterocycles. The Kier molecular flexibility index (Phi) is 7.02. The van der Waals surface area contributed by atoms with Crippen molar-refractivity contribution in [2.24, 2.45) is 0 Å². The van der Waals surface area contributed by atoms with E-state index in [4.69, 9.17) is 18.9 Å². The van der Waals surface area contributed by atoms with Gasteiger partial charge in [0.05, 0.1) is 13.2 Å². The maximum Gasteiger partial charge on any atom is 0.218 e. The molecule has 3 heterocycles. The summed E-state index contributed by atoms with van der Waals surface area (Å²) in [6, 6.07) is 0. The molecule has 0 aromatic heterocycles. The molecule has 0 amide bonds. The van der Waals surface area contributed by atoms with Gasteiger partial charge in [-0.1, -0.05) is 0 Å². The molecule has 0 radical (unpaired) electrons. The Morgan fingerprint density at radius 3 is 2.13 bits per heavy atom. The molecule has 0 aromatic rings. The summed E-state index contributed by atoms with van der Waals surface area (Å²) >= 11 is 0. The monoisotopic (exact) mass is 482 g/mol. The van der Waals surface area contributed by atoms with Gasteiger partial charge in [-0.25, -0.2) is 16.8 Å². The summed E-state index contributed by atoms with van der Waals surface area (Å²) in [6.07, 6.45) is -16.9. The van der Waals surface area contributed by atoms with Gasteiger partial charge in [-0.2, -0.15) is 0 Å². The zero-order valence-electron chi connectivity index (χ0n) is 14.7. The summed E-state index contributed by atoms with van der Waals surface area (Å²) in [5.74, 6) is 0. The van der Waals surface area contributed by atoms with Crippen LogP contribution in [0.25, 0.3) is 0 Å². The number of fused-ring (bicyclic) bond motifs is 2. The summed E-state index contributed by atoms with van der Waals surface area (Å²) in [5.41, 5.74) is 0. The first kappa shape index (κ1) is 24.1. The van der Waals surface area contributed by atoms with E-state index in [2.05, 4.69) is 8.37 Å². The molecule has 4 unspecified atom stereocenters. The highest BCUT2D eigenvalue weighted by Crippen LogP contribution is 2.34. The number of ether oxygens (including phenoxy) is 4. The van der Waals surface area contributed by atoms with Gasteiger partial charge in [0.25, 0.3) is 0 Å². The number of aliphatic hydroxyl groups is 4. The summed E-state index contributed by atoms with van der Waals surface area (Å²) < 4.78 is 93.5. The van der Waals surface area contributed by atoms with Crippen molar-refractivity contribution in [3.63, 3.8) is 0 Å². The molecular formula is C12H18O16S2-2. The Morgan fingerprint density at radius 2 is 1.53 bits per heavy atom. The maximum absolute atomic E-state index is 10.9. The van der Waals surface area contributed by atoms with Gasteiger partial charge in [0.2, 0.25) is 20.8 Å². The van der Waals surface area contributed by atoms with Gasteiger partial charge in [-0.05, 0) is 0 Å². The van der Waals surface area contributed by atoms with E-state index >= 15 is 0 Å². The quantitative estimate of drug-likeness (QED) is 0.195. The van der Waals surface area contributed by atoms with Crippen LogP contribution < -0.4 is 0 Å². The van der Waals surface area contributed by atoms with Crippen LogP contribution in [0, 0.1) is 0 Å². The third-order valence-corrected chi connectivity index (χ3v) is 5.49. The molecule has 3 saturated heterocycles. The molecule has 18 heteroatoms. The van der Waals surface area contributed by atoms with Gasteiger partial charge >= 0.3 is 0 Å². The van der Waals surface area contributed by atoms with Crippen LogP contribution in [0.4, 0.5) is 0 Å². The Bertz CT molecular complexity index is 814. The van der Waals surface area contributed by atoms with E-state index in [1.165, 1.54) is 0 Å². The highest BCUT2D eigenvalue weighted by Gasteiger charge is 2.55. The molecule has 4 N–H and O–H groups in total. The van der Waals surface area contributed by atoms with Crippen LogP contribution >= 0.6 is 0 Å². The molecule has 30 heavy (non-hydrogen) atoms.